The summed E-state index contributed by atoms with van der Waals surface area (Å²) in [6.45, 7) is 8.32. The van der Waals surface area contributed by atoms with E-state index in [1.165, 1.54) is 0 Å². The molecule has 0 amide bonds. The van der Waals surface area contributed by atoms with Gasteiger partial charge in [0.25, 0.3) is 0 Å². The van der Waals surface area contributed by atoms with Gasteiger partial charge in [-0.3, -0.25) is 0 Å². The molecule has 4 nitrogen and oxygen atoms in total. The number of nitrogens with zero attached hydrogens (tertiary/aromatic N) is 4. The Hall–Kier alpha value is -1.45. The predicted octanol–water partition coefficient (Wildman–Crippen LogP) is 1.73. The molecule has 14 heavy (non-hydrogen) atoms. The largest absolute Gasteiger partial charge is 0.197 e. The van der Waals surface area contributed by atoms with Crippen LogP contribution in [0.4, 0.5) is 0 Å². The van der Waals surface area contributed by atoms with Gasteiger partial charge in [-0.2, -0.15) is 9.61 Å². The van der Waals surface area contributed by atoms with Crippen molar-refractivity contribution < 1.29 is 0 Å². The second-order valence-corrected chi connectivity index (χ2v) is 4.49. The fourth-order valence-electron chi connectivity index (χ4n) is 1.30. The molecule has 0 fully saturated rings. The van der Waals surface area contributed by atoms with Crippen molar-refractivity contribution in [1.82, 2.24) is 19.8 Å². The summed E-state index contributed by atoms with van der Waals surface area (Å²) in [5.41, 5.74) is 1.91. The first-order valence-electron chi connectivity index (χ1n) is 4.68. The van der Waals surface area contributed by atoms with Gasteiger partial charge in [0.05, 0.1) is 5.69 Å². The van der Waals surface area contributed by atoms with Crippen LogP contribution in [0.25, 0.3) is 5.65 Å². The van der Waals surface area contributed by atoms with Gasteiger partial charge in [0.15, 0.2) is 11.5 Å². The molecule has 0 aromatic carbocycles. The van der Waals surface area contributed by atoms with E-state index in [0.717, 1.165) is 17.2 Å². The molecule has 2 aromatic rings. The summed E-state index contributed by atoms with van der Waals surface area (Å²) in [5.74, 6) is 0.825. The van der Waals surface area contributed by atoms with Gasteiger partial charge in [-0.1, -0.05) is 20.8 Å². The smallest absolute Gasteiger partial charge is 0.177 e. The van der Waals surface area contributed by atoms with E-state index < -0.39 is 0 Å². The van der Waals surface area contributed by atoms with Crippen molar-refractivity contribution in [3.63, 3.8) is 0 Å². The molecule has 0 aliphatic carbocycles. The molecule has 74 valence electrons. The number of hydrogen-bond donors (Lipinski definition) is 0. The zero-order valence-corrected chi connectivity index (χ0v) is 8.94. The molecule has 2 heterocycles. The minimum atomic E-state index is 0.0604. The summed E-state index contributed by atoms with van der Waals surface area (Å²) in [4.78, 5) is 0. The van der Waals surface area contributed by atoms with Crippen molar-refractivity contribution in [3.8, 4) is 0 Å². The lowest BCUT2D eigenvalue weighted by molar-refractivity contribution is 0.552. The van der Waals surface area contributed by atoms with Crippen LogP contribution in [0, 0.1) is 6.92 Å². The van der Waals surface area contributed by atoms with Crippen LogP contribution in [-0.2, 0) is 5.41 Å². The van der Waals surface area contributed by atoms with Crippen LogP contribution in [0.1, 0.15) is 32.3 Å². The van der Waals surface area contributed by atoms with E-state index in [1.54, 1.807) is 4.52 Å². The molecule has 0 radical (unpaired) electrons. The standard InChI is InChI=1S/C10H14N4/c1-7-11-12-9-6-5-8(10(2,3)4)13-14(7)9/h5-6H,1-4H3. The summed E-state index contributed by atoms with van der Waals surface area (Å²) < 4.78 is 1.78. The zero-order valence-electron chi connectivity index (χ0n) is 8.94. The first kappa shape index (κ1) is 9.12. The number of fused-ring (bicyclic) bond motifs is 1. The highest BCUT2D eigenvalue weighted by molar-refractivity contribution is 5.36. The number of aryl methyl sites for hydroxylation is 1. The monoisotopic (exact) mass is 190 g/mol. The molecular formula is C10H14N4. The topological polar surface area (TPSA) is 43.1 Å². The minimum absolute atomic E-state index is 0.0604. The van der Waals surface area contributed by atoms with E-state index in [0.29, 0.717) is 0 Å². The lowest BCUT2D eigenvalue weighted by Crippen LogP contribution is -2.15. The highest BCUT2D eigenvalue weighted by Crippen LogP contribution is 2.19. The summed E-state index contributed by atoms with van der Waals surface area (Å²) in [7, 11) is 0. The summed E-state index contributed by atoms with van der Waals surface area (Å²) in [6, 6.07) is 3.96. The van der Waals surface area contributed by atoms with Gasteiger partial charge in [0.2, 0.25) is 0 Å². The highest BCUT2D eigenvalue weighted by Gasteiger charge is 2.16. The normalized spacial score (nSPS) is 12.3. The Morgan fingerprint density at radius 1 is 1.14 bits per heavy atom. The summed E-state index contributed by atoms with van der Waals surface area (Å²) in [5, 5.41) is 12.5. The SMILES string of the molecule is Cc1nnc2ccc(C(C)(C)C)nn12. The third-order valence-electron chi connectivity index (χ3n) is 2.19. The first-order valence-corrected chi connectivity index (χ1v) is 4.68. The number of aromatic nitrogens is 4. The third kappa shape index (κ3) is 1.36. The second-order valence-electron chi connectivity index (χ2n) is 4.49. The maximum absolute atomic E-state index is 4.50. The Labute approximate surface area is 83.0 Å². The van der Waals surface area contributed by atoms with Crippen LogP contribution in [0.3, 0.4) is 0 Å². The van der Waals surface area contributed by atoms with Crippen molar-refractivity contribution in [2.24, 2.45) is 0 Å². The Balaban J connectivity index is 2.66. The highest BCUT2D eigenvalue weighted by atomic mass is 15.4. The Kier molecular flexibility index (Phi) is 1.80. The Morgan fingerprint density at radius 2 is 1.86 bits per heavy atom. The van der Waals surface area contributed by atoms with Crippen LogP contribution in [0.15, 0.2) is 12.1 Å². The fourth-order valence-corrected chi connectivity index (χ4v) is 1.30. The van der Waals surface area contributed by atoms with Crippen LogP contribution >= 0.6 is 0 Å². The van der Waals surface area contributed by atoms with Crippen molar-refractivity contribution in [2.75, 3.05) is 0 Å². The summed E-state index contributed by atoms with van der Waals surface area (Å²) >= 11 is 0. The molecule has 0 saturated heterocycles. The first-order chi connectivity index (χ1) is 6.48. The van der Waals surface area contributed by atoms with E-state index in [4.69, 9.17) is 0 Å². The Morgan fingerprint density at radius 3 is 2.50 bits per heavy atom. The fraction of sp³-hybridized carbons (Fsp3) is 0.500. The average molecular weight is 190 g/mol. The van der Waals surface area contributed by atoms with Crippen LogP contribution < -0.4 is 0 Å². The lowest BCUT2D eigenvalue weighted by Gasteiger charge is -2.16. The maximum atomic E-state index is 4.50. The van der Waals surface area contributed by atoms with Gasteiger partial charge in [-0.25, -0.2) is 0 Å². The van der Waals surface area contributed by atoms with E-state index >= 15 is 0 Å². The molecule has 2 aromatic heterocycles. The van der Waals surface area contributed by atoms with E-state index in [1.807, 2.05) is 19.1 Å². The Bertz CT molecular complexity index is 464. The molecule has 0 spiro atoms. The van der Waals surface area contributed by atoms with Gasteiger partial charge in [0.1, 0.15) is 0 Å². The van der Waals surface area contributed by atoms with Crippen molar-refractivity contribution >= 4 is 5.65 Å². The van der Waals surface area contributed by atoms with E-state index in [-0.39, 0.29) is 5.41 Å². The molecule has 4 heteroatoms. The van der Waals surface area contributed by atoms with Crippen molar-refractivity contribution in [1.29, 1.82) is 0 Å². The molecular weight excluding hydrogens is 176 g/mol. The average Bonchev–Trinajstić information content (AvgIpc) is 2.46. The minimum Gasteiger partial charge on any atom is -0.197 e. The number of rotatable bonds is 0. The third-order valence-corrected chi connectivity index (χ3v) is 2.19. The second kappa shape index (κ2) is 2.77. The number of hydrogen-bond acceptors (Lipinski definition) is 3. The van der Waals surface area contributed by atoms with Crippen molar-refractivity contribution in [2.45, 2.75) is 33.1 Å². The molecule has 0 aliphatic heterocycles. The van der Waals surface area contributed by atoms with E-state index in [2.05, 4.69) is 36.1 Å². The van der Waals surface area contributed by atoms with Crippen LogP contribution in [-0.4, -0.2) is 19.8 Å². The van der Waals surface area contributed by atoms with Gasteiger partial charge in [-0.05, 0) is 19.1 Å². The van der Waals surface area contributed by atoms with Crippen molar-refractivity contribution in [3.05, 3.63) is 23.7 Å². The molecule has 0 bridgehead atoms. The van der Waals surface area contributed by atoms with Gasteiger partial charge in [0, 0.05) is 5.41 Å². The molecule has 0 aliphatic rings. The summed E-state index contributed by atoms with van der Waals surface area (Å²) in [6.07, 6.45) is 0. The van der Waals surface area contributed by atoms with Gasteiger partial charge in [-0.15, -0.1) is 10.2 Å². The predicted molar refractivity (Wildman–Crippen MR) is 54.2 cm³/mol. The molecule has 2 rings (SSSR count). The molecule has 0 unspecified atom stereocenters. The lowest BCUT2D eigenvalue weighted by atomic mass is 9.92. The molecule has 0 saturated carbocycles. The van der Waals surface area contributed by atoms with E-state index in [9.17, 15) is 0 Å². The van der Waals surface area contributed by atoms with Gasteiger partial charge < -0.3 is 0 Å². The van der Waals surface area contributed by atoms with Crippen LogP contribution in [0.2, 0.25) is 0 Å². The molecule has 0 atom stereocenters. The molecule has 0 N–H and O–H groups in total. The van der Waals surface area contributed by atoms with Gasteiger partial charge >= 0.3 is 0 Å². The van der Waals surface area contributed by atoms with Crippen LogP contribution in [0.5, 0.6) is 0 Å². The quantitative estimate of drug-likeness (QED) is 0.635. The maximum Gasteiger partial charge on any atom is 0.177 e. The zero-order chi connectivity index (χ0) is 10.3.